The molecule has 2 N–H and O–H groups in total. The van der Waals surface area contributed by atoms with Crippen molar-refractivity contribution in [1.82, 2.24) is 4.72 Å². The van der Waals surface area contributed by atoms with Crippen molar-refractivity contribution in [3.8, 4) is 0 Å². The lowest BCUT2D eigenvalue weighted by Gasteiger charge is -2.11. The van der Waals surface area contributed by atoms with Gasteiger partial charge in [0.05, 0.1) is 10.6 Å². The van der Waals surface area contributed by atoms with E-state index in [4.69, 9.17) is 0 Å². The van der Waals surface area contributed by atoms with E-state index in [1.165, 1.54) is 6.07 Å². The summed E-state index contributed by atoms with van der Waals surface area (Å²) in [5.74, 6) is 0.597. The number of carbonyl (C=O) groups excluding carboxylic acids is 1. The summed E-state index contributed by atoms with van der Waals surface area (Å²) in [6, 6.07) is 14.1. The van der Waals surface area contributed by atoms with Crippen LogP contribution in [-0.4, -0.2) is 20.1 Å². The van der Waals surface area contributed by atoms with Gasteiger partial charge in [0, 0.05) is 23.6 Å². The number of amides is 1. The Bertz CT molecular complexity index is 820. The molecule has 0 unspecified atom stereocenters. The van der Waals surface area contributed by atoms with Gasteiger partial charge in [0.1, 0.15) is 0 Å². The Kier molecular flexibility index (Phi) is 4.70. The Balaban J connectivity index is 1.81. The number of sulfonamides is 1. The van der Waals surface area contributed by atoms with Crippen molar-refractivity contribution in [2.45, 2.75) is 22.8 Å². The van der Waals surface area contributed by atoms with Crippen LogP contribution >= 0.6 is 11.8 Å². The van der Waals surface area contributed by atoms with Crippen LogP contribution < -0.4 is 10.0 Å². The number of anilines is 1. The van der Waals surface area contributed by atoms with Gasteiger partial charge in [-0.05, 0) is 23.8 Å². The topological polar surface area (TPSA) is 75.3 Å². The Morgan fingerprint density at radius 1 is 1.13 bits per heavy atom. The third kappa shape index (κ3) is 3.93. The van der Waals surface area contributed by atoms with Gasteiger partial charge in [0.25, 0.3) is 0 Å². The molecule has 0 bridgehead atoms. The predicted octanol–water partition coefficient (Wildman–Crippen LogP) is 2.60. The van der Waals surface area contributed by atoms with Gasteiger partial charge in [-0.1, -0.05) is 30.3 Å². The van der Waals surface area contributed by atoms with Crippen LogP contribution in [0, 0.1) is 0 Å². The Morgan fingerprint density at radius 2 is 1.91 bits per heavy atom. The van der Waals surface area contributed by atoms with Gasteiger partial charge >= 0.3 is 0 Å². The molecule has 2 aromatic carbocycles. The van der Waals surface area contributed by atoms with E-state index in [0.717, 1.165) is 10.5 Å². The zero-order valence-electron chi connectivity index (χ0n) is 12.3. The monoisotopic (exact) mass is 348 g/mol. The summed E-state index contributed by atoms with van der Waals surface area (Å²) >= 11 is 1.54. The lowest BCUT2D eigenvalue weighted by Crippen LogP contribution is -2.23. The highest BCUT2D eigenvalue weighted by Gasteiger charge is 2.19. The van der Waals surface area contributed by atoms with Crippen LogP contribution in [0.15, 0.2) is 58.3 Å². The number of fused-ring (bicyclic) bond motifs is 1. The maximum atomic E-state index is 12.4. The zero-order valence-corrected chi connectivity index (χ0v) is 13.9. The highest BCUT2D eigenvalue weighted by atomic mass is 32.2. The molecule has 0 radical (unpaired) electrons. The second-order valence-corrected chi connectivity index (χ2v) is 8.02. The minimum Gasteiger partial charge on any atom is -0.325 e. The van der Waals surface area contributed by atoms with E-state index in [0.29, 0.717) is 17.9 Å². The summed E-state index contributed by atoms with van der Waals surface area (Å²) in [7, 11) is -3.63. The number of benzene rings is 2. The molecule has 1 aliphatic rings. The van der Waals surface area contributed by atoms with Gasteiger partial charge in [-0.2, -0.15) is 0 Å². The van der Waals surface area contributed by atoms with E-state index in [1.54, 1.807) is 23.9 Å². The quantitative estimate of drug-likeness (QED) is 0.890. The van der Waals surface area contributed by atoms with Gasteiger partial charge < -0.3 is 5.32 Å². The maximum absolute atomic E-state index is 12.4. The van der Waals surface area contributed by atoms with Crippen molar-refractivity contribution in [3.63, 3.8) is 0 Å². The summed E-state index contributed by atoms with van der Waals surface area (Å²) in [4.78, 5) is 12.7. The molecule has 2 aromatic rings. The van der Waals surface area contributed by atoms with Gasteiger partial charge in [-0.15, -0.1) is 11.8 Å². The van der Waals surface area contributed by atoms with Crippen molar-refractivity contribution in [2.75, 3.05) is 11.1 Å². The molecule has 1 heterocycles. The maximum Gasteiger partial charge on any atom is 0.240 e. The van der Waals surface area contributed by atoms with E-state index in [9.17, 15) is 13.2 Å². The number of hydrogen-bond donors (Lipinski definition) is 2. The van der Waals surface area contributed by atoms with Crippen LogP contribution in [0.5, 0.6) is 0 Å². The lowest BCUT2D eigenvalue weighted by atomic mass is 10.2. The highest BCUT2D eigenvalue weighted by molar-refractivity contribution is 7.99. The van der Waals surface area contributed by atoms with E-state index in [-0.39, 0.29) is 17.3 Å². The van der Waals surface area contributed by atoms with Crippen LogP contribution in [0.2, 0.25) is 0 Å². The van der Waals surface area contributed by atoms with E-state index in [1.807, 2.05) is 30.3 Å². The number of rotatable bonds is 4. The fourth-order valence-electron chi connectivity index (χ4n) is 2.22. The smallest absolute Gasteiger partial charge is 0.240 e. The van der Waals surface area contributed by atoms with Crippen LogP contribution in [-0.2, 0) is 21.4 Å². The molecule has 7 heteroatoms. The molecular formula is C16H16N2O3S2. The average Bonchev–Trinajstić information content (AvgIpc) is 2.74. The second kappa shape index (κ2) is 6.74. The first kappa shape index (κ1) is 16.0. The molecule has 0 spiro atoms. The molecule has 0 aromatic heterocycles. The molecule has 120 valence electrons. The molecule has 3 rings (SSSR count). The summed E-state index contributed by atoms with van der Waals surface area (Å²) in [6.07, 6.45) is 0.424. The lowest BCUT2D eigenvalue weighted by molar-refractivity contribution is -0.115. The van der Waals surface area contributed by atoms with Crippen molar-refractivity contribution < 1.29 is 13.2 Å². The van der Waals surface area contributed by atoms with E-state index >= 15 is 0 Å². The molecular weight excluding hydrogens is 332 g/mol. The molecule has 0 aliphatic carbocycles. The Labute approximate surface area is 139 Å². The fourth-order valence-corrected chi connectivity index (χ4v) is 4.20. The number of carbonyl (C=O) groups is 1. The van der Waals surface area contributed by atoms with Gasteiger partial charge in [0.15, 0.2) is 0 Å². The first-order valence-electron chi connectivity index (χ1n) is 7.15. The SMILES string of the molecule is O=C1CCSc2ccc(S(=O)(=O)NCc3ccccc3)cc2N1. The van der Waals surface area contributed by atoms with Crippen LogP contribution in [0.1, 0.15) is 12.0 Å². The molecule has 0 saturated carbocycles. The van der Waals surface area contributed by atoms with Crippen molar-refractivity contribution in [2.24, 2.45) is 0 Å². The molecule has 0 atom stereocenters. The highest BCUT2D eigenvalue weighted by Crippen LogP contribution is 2.32. The summed E-state index contributed by atoms with van der Waals surface area (Å²) in [6.45, 7) is 0.224. The van der Waals surface area contributed by atoms with Crippen molar-refractivity contribution in [1.29, 1.82) is 0 Å². The fraction of sp³-hybridized carbons (Fsp3) is 0.188. The standard InChI is InChI=1S/C16H16N2O3S2/c19-16-8-9-22-15-7-6-13(10-14(15)18-16)23(20,21)17-11-12-4-2-1-3-5-12/h1-7,10,17H,8-9,11H2,(H,18,19). The first-order chi connectivity index (χ1) is 11.0. The number of hydrogen-bond acceptors (Lipinski definition) is 4. The van der Waals surface area contributed by atoms with Crippen molar-refractivity contribution in [3.05, 3.63) is 54.1 Å². The molecule has 5 nitrogen and oxygen atoms in total. The minimum absolute atomic E-state index is 0.0944. The van der Waals surface area contributed by atoms with Crippen LogP contribution in [0.4, 0.5) is 5.69 Å². The first-order valence-corrected chi connectivity index (χ1v) is 9.62. The van der Waals surface area contributed by atoms with Crippen molar-refractivity contribution >= 4 is 33.4 Å². The third-order valence-corrected chi connectivity index (χ3v) is 5.91. The summed E-state index contributed by atoms with van der Waals surface area (Å²) in [5, 5.41) is 2.76. The average molecular weight is 348 g/mol. The summed E-state index contributed by atoms with van der Waals surface area (Å²) < 4.78 is 27.4. The molecule has 0 saturated heterocycles. The Morgan fingerprint density at radius 3 is 2.70 bits per heavy atom. The number of thioether (sulfide) groups is 1. The second-order valence-electron chi connectivity index (χ2n) is 5.11. The predicted molar refractivity (Wildman–Crippen MR) is 90.9 cm³/mol. The normalized spacial score (nSPS) is 14.7. The number of nitrogens with one attached hydrogen (secondary N) is 2. The molecule has 1 aliphatic heterocycles. The van der Waals surface area contributed by atoms with Gasteiger partial charge in [0.2, 0.25) is 15.9 Å². The zero-order chi connectivity index (χ0) is 16.3. The van der Waals surface area contributed by atoms with E-state index < -0.39 is 10.0 Å². The van der Waals surface area contributed by atoms with Gasteiger partial charge in [-0.25, -0.2) is 13.1 Å². The van der Waals surface area contributed by atoms with Crippen LogP contribution in [0.3, 0.4) is 0 Å². The molecule has 23 heavy (non-hydrogen) atoms. The third-order valence-electron chi connectivity index (χ3n) is 3.43. The Hall–Kier alpha value is -1.83. The molecule has 0 fully saturated rings. The van der Waals surface area contributed by atoms with Crippen LogP contribution in [0.25, 0.3) is 0 Å². The van der Waals surface area contributed by atoms with E-state index in [2.05, 4.69) is 10.0 Å². The minimum atomic E-state index is -3.63. The largest absolute Gasteiger partial charge is 0.325 e. The molecule has 1 amide bonds. The van der Waals surface area contributed by atoms with Gasteiger partial charge in [-0.3, -0.25) is 4.79 Å². The summed E-state index contributed by atoms with van der Waals surface area (Å²) in [5.41, 5.74) is 1.44.